The fraction of sp³-hybridized carbons (Fsp3) is 0.200. The van der Waals surface area contributed by atoms with Crippen molar-refractivity contribution >= 4 is 35.0 Å². The number of carbonyl (C=O) groups excluding carboxylic acids is 1. The molecule has 1 atom stereocenters. The predicted octanol–water partition coefficient (Wildman–Crippen LogP) is 0.723. The summed E-state index contributed by atoms with van der Waals surface area (Å²) in [5, 5.41) is 22.8. The van der Waals surface area contributed by atoms with Gasteiger partial charge in [0.15, 0.2) is 5.17 Å². The van der Waals surface area contributed by atoms with E-state index >= 15 is 0 Å². The van der Waals surface area contributed by atoms with Gasteiger partial charge in [0.25, 0.3) is 0 Å². The van der Waals surface area contributed by atoms with E-state index in [4.69, 9.17) is 5.11 Å². The Hall–Kier alpha value is -3.01. The molecule has 2 heterocycles. The summed E-state index contributed by atoms with van der Waals surface area (Å²) >= 11 is 1.06. The highest BCUT2D eigenvalue weighted by molar-refractivity contribution is 8.15. The lowest BCUT2D eigenvalue weighted by atomic mass is 10.1. The van der Waals surface area contributed by atoms with E-state index < -0.39 is 11.2 Å². The van der Waals surface area contributed by atoms with Crippen LogP contribution >= 0.6 is 11.8 Å². The Kier molecular flexibility index (Phi) is 5.19. The van der Waals surface area contributed by atoms with Gasteiger partial charge in [-0.3, -0.25) is 9.59 Å². The zero-order valence-electron chi connectivity index (χ0n) is 12.9. The fourth-order valence-electron chi connectivity index (χ4n) is 2.17. The molecule has 128 valence electrons. The minimum Gasteiger partial charge on any atom is -0.481 e. The van der Waals surface area contributed by atoms with E-state index in [0.29, 0.717) is 11.7 Å². The Morgan fingerprint density at radius 2 is 2.36 bits per heavy atom. The Balaban J connectivity index is 1.62. The summed E-state index contributed by atoms with van der Waals surface area (Å²) in [4.78, 5) is 26.2. The van der Waals surface area contributed by atoms with E-state index in [9.17, 15) is 9.59 Å². The molecule has 1 saturated heterocycles. The number of benzene rings is 1. The fourth-order valence-corrected chi connectivity index (χ4v) is 3.08. The molecule has 1 unspecified atom stereocenters. The highest BCUT2D eigenvalue weighted by Gasteiger charge is 2.32. The van der Waals surface area contributed by atoms with Gasteiger partial charge in [0.05, 0.1) is 19.2 Å². The summed E-state index contributed by atoms with van der Waals surface area (Å²) in [5.74, 6) is -1.39. The summed E-state index contributed by atoms with van der Waals surface area (Å²) < 4.78 is 1.71. The van der Waals surface area contributed by atoms with Crippen LogP contribution in [0.5, 0.6) is 0 Å². The molecule has 2 N–H and O–H groups in total. The molecule has 1 aliphatic heterocycles. The molecule has 3 rings (SSSR count). The SMILES string of the molecule is O=C(O)CC1SC(=NN=Cc2cccc(Cn3cncn3)c2)NC1=O. The summed E-state index contributed by atoms with van der Waals surface area (Å²) in [6, 6.07) is 7.69. The van der Waals surface area contributed by atoms with Gasteiger partial charge in [-0.05, 0) is 17.2 Å². The summed E-state index contributed by atoms with van der Waals surface area (Å²) in [6.07, 6.45) is 4.44. The van der Waals surface area contributed by atoms with Crippen LogP contribution in [0.1, 0.15) is 17.5 Å². The first-order valence-electron chi connectivity index (χ1n) is 7.32. The number of rotatable bonds is 6. The van der Waals surface area contributed by atoms with E-state index in [0.717, 1.165) is 22.9 Å². The molecule has 0 radical (unpaired) electrons. The Morgan fingerprint density at radius 3 is 3.12 bits per heavy atom. The number of nitrogens with one attached hydrogen (secondary N) is 1. The lowest BCUT2D eigenvalue weighted by molar-refractivity contribution is -0.138. The zero-order chi connectivity index (χ0) is 17.6. The average molecular weight is 358 g/mol. The van der Waals surface area contributed by atoms with Crippen LogP contribution in [0.25, 0.3) is 0 Å². The number of aromatic nitrogens is 3. The molecule has 2 aromatic rings. The minimum atomic E-state index is -1.03. The van der Waals surface area contributed by atoms with Crippen LogP contribution in [-0.2, 0) is 16.1 Å². The number of thioether (sulfide) groups is 1. The maximum atomic E-state index is 11.6. The first-order chi connectivity index (χ1) is 12.1. The lowest BCUT2D eigenvalue weighted by Gasteiger charge is -2.01. The Labute approximate surface area is 146 Å². The second-order valence-corrected chi connectivity index (χ2v) is 6.37. The minimum absolute atomic E-state index is 0.246. The molecule has 1 aromatic heterocycles. The third-order valence-electron chi connectivity index (χ3n) is 3.25. The molecular formula is C15H14N6O3S. The molecule has 1 amide bonds. The maximum absolute atomic E-state index is 11.6. The molecule has 1 aliphatic rings. The Morgan fingerprint density at radius 1 is 1.48 bits per heavy atom. The molecule has 9 nitrogen and oxygen atoms in total. The molecule has 1 aromatic carbocycles. The quantitative estimate of drug-likeness (QED) is 0.580. The van der Waals surface area contributed by atoms with Gasteiger partial charge in [-0.1, -0.05) is 30.0 Å². The van der Waals surface area contributed by atoms with Crippen molar-refractivity contribution in [2.45, 2.75) is 18.2 Å². The topological polar surface area (TPSA) is 122 Å². The van der Waals surface area contributed by atoms with Crippen molar-refractivity contribution in [1.29, 1.82) is 0 Å². The van der Waals surface area contributed by atoms with Gasteiger partial charge >= 0.3 is 5.97 Å². The van der Waals surface area contributed by atoms with Crippen LogP contribution in [0.15, 0.2) is 47.1 Å². The predicted molar refractivity (Wildman–Crippen MR) is 92.4 cm³/mol. The standard InChI is InChI=1S/C15H14N6O3S/c22-13(23)5-12-14(24)19-15(25-12)20-17-6-10-2-1-3-11(4-10)7-21-9-16-8-18-21/h1-4,6,8-9,12H,5,7H2,(H,22,23)(H,19,20,24). The molecular weight excluding hydrogens is 344 g/mol. The number of amidine groups is 1. The molecule has 1 fully saturated rings. The van der Waals surface area contributed by atoms with Gasteiger partial charge in [0, 0.05) is 0 Å². The van der Waals surface area contributed by atoms with Crippen LogP contribution in [0.3, 0.4) is 0 Å². The average Bonchev–Trinajstić information content (AvgIpc) is 3.18. The molecule has 0 spiro atoms. The van der Waals surface area contributed by atoms with Gasteiger partial charge < -0.3 is 10.4 Å². The number of hydrogen-bond donors (Lipinski definition) is 2. The first kappa shape index (κ1) is 16.8. The number of nitrogens with zero attached hydrogens (tertiary/aromatic N) is 5. The van der Waals surface area contributed by atoms with E-state index in [1.165, 1.54) is 6.33 Å². The van der Waals surface area contributed by atoms with E-state index in [1.54, 1.807) is 17.2 Å². The van der Waals surface area contributed by atoms with Crippen LogP contribution in [-0.4, -0.2) is 48.4 Å². The van der Waals surface area contributed by atoms with Gasteiger partial charge in [0.1, 0.15) is 17.9 Å². The maximum Gasteiger partial charge on any atom is 0.305 e. The van der Waals surface area contributed by atoms with Crippen molar-refractivity contribution in [3.8, 4) is 0 Å². The third kappa shape index (κ3) is 4.73. The lowest BCUT2D eigenvalue weighted by Crippen LogP contribution is -2.26. The largest absolute Gasteiger partial charge is 0.481 e. The van der Waals surface area contributed by atoms with Crippen molar-refractivity contribution in [3.05, 3.63) is 48.0 Å². The Bertz CT molecular complexity index is 834. The second kappa shape index (κ2) is 7.71. The van der Waals surface area contributed by atoms with Gasteiger partial charge in [0.2, 0.25) is 5.91 Å². The summed E-state index contributed by atoms with van der Waals surface area (Å²) in [7, 11) is 0. The summed E-state index contributed by atoms with van der Waals surface area (Å²) in [5.41, 5.74) is 1.88. The summed E-state index contributed by atoms with van der Waals surface area (Å²) in [6.45, 7) is 0.596. The van der Waals surface area contributed by atoms with Crippen LogP contribution in [0.2, 0.25) is 0 Å². The van der Waals surface area contributed by atoms with Crippen molar-refractivity contribution < 1.29 is 14.7 Å². The number of amides is 1. The van der Waals surface area contributed by atoms with Crippen LogP contribution in [0, 0.1) is 0 Å². The normalized spacial score (nSPS) is 18.8. The molecule has 0 aliphatic carbocycles. The van der Waals surface area contributed by atoms with Crippen LogP contribution in [0.4, 0.5) is 0 Å². The molecule has 25 heavy (non-hydrogen) atoms. The van der Waals surface area contributed by atoms with Crippen molar-refractivity contribution in [2.24, 2.45) is 10.2 Å². The number of carbonyl (C=O) groups is 2. The first-order valence-corrected chi connectivity index (χ1v) is 8.20. The highest BCUT2D eigenvalue weighted by Crippen LogP contribution is 2.22. The number of hydrogen-bond acceptors (Lipinski definition) is 7. The van der Waals surface area contributed by atoms with Crippen molar-refractivity contribution in [1.82, 2.24) is 20.1 Å². The van der Waals surface area contributed by atoms with Gasteiger partial charge in [-0.25, -0.2) is 9.67 Å². The number of carboxylic acid groups (broad SMARTS) is 1. The monoisotopic (exact) mass is 358 g/mol. The molecule has 0 saturated carbocycles. The number of aliphatic carboxylic acids is 1. The molecule has 0 bridgehead atoms. The van der Waals surface area contributed by atoms with E-state index in [-0.39, 0.29) is 12.3 Å². The van der Waals surface area contributed by atoms with Crippen molar-refractivity contribution in [3.63, 3.8) is 0 Å². The van der Waals surface area contributed by atoms with Gasteiger partial charge in [-0.2, -0.15) is 10.2 Å². The zero-order valence-corrected chi connectivity index (χ0v) is 13.8. The van der Waals surface area contributed by atoms with E-state index in [1.807, 2.05) is 24.3 Å². The third-order valence-corrected chi connectivity index (χ3v) is 4.33. The smallest absolute Gasteiger partial charge is 0.305 e. The van der Waals surface area contributed by atoms with E-state index in [2.05, 4.69) is 25.6 Å². The second-order valence-electron chi connectivity index (χ2n) is 5.18. The highest BCUT2D eigenvalue weighted by atomic mass is 32.2. The van der Waals surface area contributed by atoms with Crippen molar-refractivity contribution in [2.75, 3.05) is 0 Å². The molecule has 10 heteroatoms. The van der Waals surface area contributed by atoms with Gasteiger partial charge in [-0.15, -0.1) is 5.10 Å². The van der Waals surface area contributed by atoms with Crippen LogP contribution < -0.4 is 5.32 Å². The number of carboxylic acids is 1.